The molecule has 2 aromatic heterocycles. The summed E-state index contributed by atoms with van der Waals surface area (Å²) in [5.41, 5.74) is 13.8. The molecule has 0 saturated heterocycles. The molecule has 0 spiro atoms. The van der Waals surface area contributed by atoms with Crippen LogP contribution in [-0.2, 0) is 0 Å². The zero-order valence-corrected chi connectivity index (χ0v) is 25.3. The van der Waals surface area contributed by atoms with E-state index in [1.165, 1.54) is 5.56 Å². The van der Waals surface area contributed by atoms with E-state index in [9.17, 15) is 0 Å². The third-order valence-electron chi connectivity index (χ3n) is 8.45. The van der Waals surface area contributed by atoms with Crippen molar-refractivity contribution in [3.8, 4) is 67.1 Å². The van der Waals surface area contributed by atoms with Crippen LogP contribution in [0.1, 0.15) is 0 Å². The summed E-state index contributed by atoms with van der Waals surface area (Å²) in [6.45, 7) is 7.39. The van der Waals surface area contributed by atoms with Gasteiger partial charge in [-0.05, 0) is 86.5 Å². The molecule has 8 rings (SSSR count). The molecule has 47 heavy (non-hydrogen) atoms. The van der Waals surface area contributed by atoms with Crippen LogP contribution >= 0.6 is 0 Å². The molecule has 2 heterocycles. The SMILES string of the molecule is [C-]#[N+]c1cccc(-c2ccc(-c3cc(-c4ccc(-c5cccnc5)cc4)cc4oc(-c5ccc(-c6ccccc6)cc5)nc34)cc2)c1. The second-order valence-electron chi connectivity index (χ2n) is 11.4. The van der Waals surface area contributed by atoms with Gasteiger partial charge in [0.2, 0.25) is 5.89 Å². The summed E-state index contributed by atoms with van der Waals surface area (Å²) in [5.74, 6) is 0.581. The first-order valence-electron chi connectivity index (χ1n) is 15.4. The van der Waals surface area contributed by atoms with E-state index in [4.69, 9.17) is 16.0 Å². The molecule has 0 radical (unpaired) electrons. The van der Waals surface area contributed by atoms with Crippen molar-refractivity contribution >= 4 is 16.8 Å². The number of oxazole rings is 1. The van der Waals surface area contributed by atoms with Crippen LogP contribution in [-0.4, -0.2) is 9.97 Å². The van der Waals surface area contributed by atoms with Gasteiger partial charge in [-0.3, -0.25) is 4.98 Å². The van der Waals surface area contributed by atoms with Gasteiger partial charge >= 0.3 is 0 Å². The minimum absolute atomic E-state index is 0.581. The number of fused-ring (bicyclic) bond motifs is 1. The molecule has 4 heteroatoms. The lowest BCUT2D eigenvalue weighted by molar-refractivity contribution is 0.620. The molecule has 0 aliphatic carbocycles. The highest BCUT2D eigenvalue weighted by Crippen LogP contribution is 2.38. The molecule has 4 nitrogen and oxygen atoms in total. The van der Waals surface area contributed by atoms with Crippen molar-refractivity contribution in [2.75, 3.05) is 0 Å². The Kier molecular flexibility index (Phi) is 7.18. The fraction of sp³-hybridized carbons (Fsp3) is 0. The Morgan fingerprint density at radius 1 is 0.468 bits per heavy atom. The van der Waals surface area contributed by atoms with Gasteiger partial charge in [0.25, 0.3) is 0 Å². The molecule has 0 aliphatic rings. The van der Waals surface area contributed by atoms with Crippen LogP contribution in [0.25, 0.3) is 83.0 Å². The lowest BCUT2D eigenvalue weighted by Crippen LogP contribution is -1.86. The van der Waals surface area contributed by atoms with Crippen molar-refractivity contribution < 1.29 is 4.42 Å². The summed E-state index contributed by atoms with van der Waals surface area (Å²) in [6, 6.07) is 51.7. The fourth-order valence-electron chi connectivity index (χ4n) is 5.96. The van der Waals surface area contributed by atoms with E-state index < -0.39 is 0 Å². The van der Waals surface area contributed by atoms with Crippen LogP contribution in [0.5, 0.6) is 0 Å². The van der Waals surface area contributed by atoms with E-state index in [0.29, 0.717) is 11.6 Å². The summed E-state index contributed by atoms with van der Waals surface area (Å²) in [7, 11) is 0. The van der Waals surface area contributed by atoms with E-state index in [0.717, 1.165) is 66.7 Å². The van der Waals surface area contributed by atoms with Gasteiger partial charge in [-0.25, -0.2) is 9.83 Å². The topological polar surface area (TPSA) is 43.3 Å². The number of pyridine rings is 1. The zero-order valence-electron chi connectivity index (χ0n) is 25.3. The van der Waals surface area contributed by atoms with Gasteiger partial charge in [-0.15, -0.1) is 0 Å². The summed E-state index contributed by atoms with van der Waals surface area (Å²) in [6.07, 6.45) is 3.66. The van der Waals surface area contributed by atoms with Gasteiger partial charge in [-0.2, -0.15) is 0 Å². The van der Waals surface area contributed by atoms with E-state index in [1.54, 1.807) is 6.20 Å². The number of benzene rings is 6. The maximum atomic E-state index is 7.39. The van der Waals surface area contributed by atoms with Crippen molar-refractivity contribution in [2.24, 2.45) is 0 Å². The maximum absolute atomic E-state index is 7.39. The highest BCUT2D eigenvalue weighted by atomic mass is 16.3. The van der Waals surface area contributed by atoms with Gasteiger partial charge in [0, 0.05) is 23.5 Å². The fourth-order valence-corrected chi connectivity index (χ4v) is 5.96. The van der Waals surface area contributed by atoms with E-state index in [1.807, 2.05) is 54.7 Å². The van der Waals surface area contributed by atoms with Crippen molar-refractivity contribution in [2.45, 2.75) is 0 Å². The molecule has 0 saturated carbocycles. The lowest BCUT2D eigenvalue weighted by atomic mass is 9.95. The Hall–Kier alpha value is -6.57. The molecule has 0 amide bonds. The summed E-state index contributed by atoms with van der Waals surface area (Å²) >= 11 is 0. The van der Waals surface area contributed by atoms with Gasteiger partial charge in [-0.1, -0.05) is 115 Å². The quantitative estimate of drug-likeness (QED) is 0.178. The minimum Gasteiger partial charge on any atom is -0.436 e. The first-order valence-corrected chi connectivity index (χ1v) is 15.4. The molecule has 0 unspecified atom stereocenters. The van der Waals surface area contributed by atoms with Crippen molar-refractivity contribution in [3.63, 3.8) is 0 Å². The summed E-state index contributed by atoms with van der Waals surface area (Å²) in [4.78, 5) is 12.9. The van der Waals surface area contributed by atoms with Gasteiger partial charge in [0.15, 0.2) is 11.3 Å². The normalized spacial score (nSPS) is 11.0. The van der Waals surface area contributed by atoms with Crippen molar-refractivity contribution in [1.82, 2.24) is 9.97 Å². The van der Waals surface area contributed by atoms with Gasteiger partial charge < -0.3 is 4.42 Å². The lowest BCUT2D eigenvalue weighted by Gasteiger charge is -2.10. The average Bonchev–Trinajstić information content (AvgIpc) is 3.60. The minimum atomic E-state index is 0.581. The second-order valence-corrected chi connectivity index (χ2v) is 11.4. The monoisotopic (exact) mass is 601 g/mol. The Balaban J connectivity index is 1.21. The zero-order chi connectivity index (χ0) is 31.6. The molecule has 0 aliphatic heterocycles. The van der Waals surface area contributed by atoms with Crippen LogP contribution in [0.2, 0.25) is 0 Å². The molecule has 8 aromatic rings. The van der Waals surface area contributed by atoms with Crippen LogP contribution in [0.3, 0.4) is 0 Å². The van der Waals surface area contributed by atoms with Crippen molar-refractivity contribution in [1.29, 1.82) is 0 Å². The number of nitrogens with zero attached hydrogens (tertiary/aromatic N) is 3. The third-order valence-corrected chi connectivity index (χ3v) is 8.45. The van der Waals surface area contributed by atoms with E-state index >= 15 is 0 Å². The Labute approximate surface area is 273 Å². The van der Waals surface area contributed by atoms with Gasteiger partial charge in [0.05, 0.1) is 6.57 Å². The standard InChI is InChI=1S/C43H27N3O/c1-44-39-11-5-9-36(25-39)31-16-20-34(21-17-31)40-26-38(33-14-12-32(13-15-33)37-10-6-24-45-28-37)27-41-42(40)46-43(47-41)35-22-18-30(19-23-35)29-7-3-2-4-8-29/h2-28H. The molecule has 0 fully saturated rings. The van der Waals surface area contributed by atoms with Crippen LogP contribution in [0, 0.1) is 6.57 Å². The first kappa shape index (κ1) is 27.9. The molecule has 0 atom stereocenters. The highest BCUT2D eigenvalue weighted by molar-refractivity contribution is 5.96. The van der Waals surface area contributed by atoms with Crippen LogP contribution < -0.4 is 0 Å². The summed E-state index contributed by atoms with van der Waals surface area (Å²) < 4.78 is 6.49. The predicted molar refractivity (Wildman–Crippen MR) is 191 cm³/mol. The Morgan fingerprint density at radius 2 is 1.04 bits per heavy atom. The number of rotatable bonds is 6. The first-order chi connectivity index (χ1) is 23.2. The molecule has 6 aromatic carbocycles. The van der Waals surface area contributed by atoms with E-state index in [2.05, 4.69) is 113 Å². The van der Waals surface area contributed by atoms with Crippen molar-refractivity contribution in [3.05, 3.63) is 175 Å². The smallest absolute Gasteiger partial charge is 0.227 e. The molecule has 0 bridgehead atoms. The largest absolute Gasteiger partial charge is 0.436 e. The predicted octanol–water partition coefficient (Wildman–Crippen LogP) is 11.8. The van der Waals surface area contributed by atoms with Crippen LogP contribution in [0.15, 0.2) is 168 Å². The molecule has 0 N–H and O–H groups in total. The Morgan fingerprint density at radius 3 is 1.72 bits per heavy atom. The summed E-state index contributed by atoms with van der Waals surface area (Å²) in [5, 5.41) is 0. The molecular formula is C43H27N3O. The number of hydrogen-bond donors (Lipinski definition) is 0. The average molecular weight is 602 g/mol. The van der Waals surface area contributed by atoms with Crippen LogP contribution in [0.4, 0.5) is 5.69 Å². The third kappa shape index (κ3) is 5.59. The molecular weight excluding hydrogens is 574 g/mol. The maximum Gasteiger partial charge on any atom is 0.227 e. The van der Waals surface area contributed by atoms with Gasteiger partial charge in [0.1, 0.15) is 5.52 Å². The van der Waals surface area contributed by atoms with E-state index in [-0.39, 0.29) is 0 Å². The number of hydrogen-bond acceptors (Lipinski definition) is 3. The second kappa shape index (κ2) is 12.1. The number of aromatic nitrogens is 2. The Bertz CT molecular complexity index is 2370. The molecule has 220 valence electrons. The highest BCUT2D eigenvalue weighted by Gasteiger charge is 2.16.